The van der Waals surface area contributed by atoms with Gasteiger partial charge in [-0.1, -0.05) is 35.0 Å². The van der Waals surface area contributed by atoms with Crippen molar-refractivity contribution in [3.8, 4) is 0 Å². The lowest BCUT2D eigenvalue weighted by molar-refractivity contribution is 0.171. The molecule has 19 heavy (non-hydrogen) atoms. The fraction of sp³-hybridized carbons (Fsp3) is 0.429. The minimum absolute atomic E-state index is 0.430. The Kier molecular flexibility index (Phi) is 5.10. The zero-order valence-electron chi connectivity index (χ0n) is 11.0. The van der Waals surface area contributed by atoms with Gasteiger partial charge in [0, 0.05) is 17.4 Å². The van der Waals surface area contributed by atoms with E-state index in [9.17, 15) is 5.11 Å². The maximum Gasteiger partial charge on any atom is 0.138 e. The maximum atomic E-state index is 10.1. The average Bonchev–Trinajstić information content (AvgIpc) is 2.80. The summed E-state index contributed by atoms with van der Waals surface area (Å²) >= 11 is 3.40. The van der Waals surface area contributed by atoms with Crippen LogP contribution in [0, 0.1) is 0 Å². The molecule has 1 aromatic carbocycles. The van der Waals surface area contributed by atoms with Crippen LogP contribution in [0.4, 0.5) is 0 Å². The fourth-order valence-corrected chi connectivity index (χ4v) is 2.28. The zero-order chi connectivity index (χ0) is 13.7. The first-order valence-corrected chi connectivity index (χ1v) is 7.27. The molecule has 0 spiro atoms. The first-order valence-electron chi connectivity index (χ1n) is 6.48. The van der Waals surface area contributed by atoms with Crippen molar-refractivity contribution in [3.63, 3.8) is 0 Å². The van der Waals surface area contributed by atoms with Gasteiger partial charge in [-0.3, -0.25) is 4.68 Å². The molecule has 102 valence electrons. The smallest absolute Gasteiger partial charge is 0.138 e. The van der Waals surface area contributed by atoms with Crippen LogP contribution in [-0.4, -0.2) is 26.0 Å². The minimum Gasteiger partial charge on any atom is -0.392 e. The summed E-state index contributed by atoms with van der Waals surface area (Å²) in [5.74, 6) is 0.853. The highest BCUT2D eigenvalue weighted by atomic mass is 79.9. The van der Waals surface area contributed by atoms with Gasteiger partial charge in [0.2, 0.25) is 0 Å². The third-order valence-corrected chi connectivity index (χ3v) is 3.46. The molecule has 5 heteroatoms. The van der Waals surface area contributed by atoms with Crippen LogP contribution < -0.4 is 0 Å². The molecule has 0 fully saturated rings. The van der Waals surface area contributed by atoms with E-state index in [1.807, 2.05) is 28.9 Å². The highest BCUT2D eigenvalue weighted by Gasteiger charge is 2.11. The van der Waals surface area contributed by atoms with Gasteiger partial charge in [0.1, 0.15) is 12.2 Å². The monoisotopic (exact) mass is 323 g/mol. The van der Waals surface area contributed by atoms with Gasteiger partial charge in [-0.05, 0) is 30.5 Å². The molecule has 0 radical (unpaired) electrons. The van der Waals surface area contributed by atoms with E-state index >= 15 is 0 Å². The van der Waals surface area contributed by atoms with Crippen LogP contribution in [0.25, 0.3) is 0 Å². The molecular formula is C14H18BrN3O. The van der Waals surface area contributed by atoms with E-state index in [1.165, 1.54) is 0 Å². The Balaban J connectivity index is 1.95. The van der Waals surface area contributed by atoms with Crippen molar-refractivity contribution in [1.29, 1.82) is 0 Å². The molecule has 0 saturated carbocycles. The minimum atomic E-state index is -0.430. The number of halogens is 1. The molecule has 0 aliphatic heterocycles. The number of aliphatic hydroxyl groups excluding tert-OH is 1. The molecule has 1 unspecified atom stereocenters. The molecule has 1 aromatic heterocycles. The first-order chi connectivity index (χ1) is 9.19. The first kappa shape index (κ1) is 14.2. The number of rotatable bonds is 6. The van der Waals surface area contributed by atoms with Gasteiger partial charge in [-0.15, -0.1) is 0 Å². The molecular weight excluding hydrogens is 306 g/mol. The second-order valence-electron chi connectivity index (χ2n) is 4.59. The summed E-state index contributed by atoms with van der Waals surface area (Å²) in [6.07, 6.45) is 3.31. The van der Waals surface area contributed by atoms with E-state index in [0.717, 1.165) is 28.8 Å². The maximum absolute atomic E-state index is 10.1. The number of hydrogen-bond acceptors (Lipinski definition) is 3. The second kappa shape index (κ2) is 6.82. The summed E-state index contributed by atoms with van der Waals surface area (Å²) < 4.78 is 2.92. The Labute approximate surface area is 121 Å². The number of nitrogens with zero attached hydrogens (tertiary/aromatic N) is 3. The van der Waals surface area contributed by atoms with Crippen LogP contribution in [0.1, 0.15) is 24.7 Å². The lowest BCUT2D eigenvalue weighted by Crippen LogP contribution is -2.18. The number of aliphatic hydroxyl groups is 1. The van der Waals surface area contributed by atoms with Gasteiger partial charge in [0.15, 0.2) is 0 Å². The van der Waals surface area contributed by atoms with E-state index in [4.69, 9.17) is 0 Å². The molecule has 0 aliphatic rings. The molecule has 2 rings (SSSR count). The SMILES string of the molecule is CCCn1ncnc1CC(O)Cc1ccc(Br)cc1. The molecule has 1 heterocycles. The lowest BCUT2D eigenvalue weighted by Gasteiger charge is -2.11. The van der Waals surface area contributed by atoms with Crippen LogP contribution >= 0.6 is 15.9 Å². The summed E-state index contributed by atoms with van der Waals surface area (Å²) in [5.41, 5.74) is 1.12. The third kappa shape index (κ3) is 4.14. The van der Waals surface area contributed by atoms with Crippen LogP contribution in [0.15, 0.2) is 35.1 Å². The van der Waals surface area contributed by atoms with Crippen molar-refractivity contribution in [1.82, 2.24) is 14.8 Å². The number of hydrogen-bond donors (Lipinski definition) is 1. The topological polar surface area (TPSA) is 50.9 Å². The Morgan fingerprint density at radius 1 is 1.26 bits per heavy atom. The number of aryl methyl sites for hydroxylation is 1. The number of aromatic nitrogens is 3. The zero-order valence-corrected chi connectivity index (χ0v) is 12.5. The Bertz CT molecular complexity index is 510. The van der Waals surface area contributed by atoms with Gasteiger partial charge in [0.25, 0.3) is 0 Å². The van der Waals surface area contributed by atoms with Crippen LogP contribution in [-0.2, 0) is 19.4 Å². The van der Waals surface area contributed by atoms with Gasteiger partial charge in [-0.2, -0.15) is 5.10 Å². The average molecular weight is 324 g/mol. The Morgan fingerprint density at radius 2 is 2.00 bits per heavy atom. The van der Waals surface area contributed by atoms with Gasteiger partial charge < -0.3 is 5.11 Å². The van der Waals surface area contributed by atoms with E-state index in [-0.39, 0.29) is 0 Å². The van der Waals surface area contributed by atoms with Crippen molar-refractivity contribution in [2.24, 2.45) is 0 Å². The highest BCUT2D eigenvalue weighted by Crippen LogP contribution is 2.13. The molecule has 2 aromatic rings. The normalized spacial score (nSPS) is 12.6. The summed E-state index contributed by atoms with van der Waals surface area (Å²) in [6.45, 7) is 2.95. The number of benzene rings is 1. The fourth-order valence-electron chi connectivity index (χ4n) is 2.02. The predicted molar refractivity (Wildman–Crippen MR) is 77.9 cm³/mol. The largest absolute Gasteiger partial charge is 0.392 e. The van der Waals surface area contributed by atoms with Crippen molar-refractivity contribution in [2.75, 3.05) is 0 Å². The molecule has 1 N–H and O–H groups in total. The van der Waals surface area contributed by atoms with Gasteiger partial charge in [-0.25, -0.2) is 4.98 Å². The summed E-state index contributed by atoms with van der Waals surface area (Å²) in [6, 6.07) is 8.01. The van der Waals surface area contributed by atoms with Crippen LogP contribution in [0.5, 0.6) is 0 Å². The standard InChI is InChI=1S/C14H18BrN3O/c1-2-7-18-14(16-10-17-18)9-13(19)8-11-3-5-12(15)6-4-11/h3-6,10,13,19H,2,7-9H2,1H3. The molecule has 1 atom stereocenters. The lowest BCUT2D eigenvalue weighted by atomic mass is 10.1. The van der Waals surface area contributed by atoms with Gasteiger partial charge in [0.05, 0.1) is 6.10 Å². The van der Waals surface area contributed by atoms with E-state index < -0.39 is 6.10 Å². The van der Waals surface area contributed by atoms with Gasteiger partial charge >= 0.3 is 0 Å². The van der Waals surface area contributed by atoms with Crippen LogP contribution in [0.3, 0.4) is 0 Å². The third-order valence-electron chi connectivity index (χ3n) is 2.93. The molecule has 0 bridgehead atoms. The quantitative estimate of drug-likeness (QED) is 0.889. The van der Waals surface area contributed by atoms with Crippen molar-refractivity contribution in [3.05, 3.63) is 46.5 Å². The molecule has 0 saturated heterocycles. The Morgan fingerprint density at radius 3 is 2.68 bits per heavy atom. The molecule has 0 amide bonds. The summed E-state index contributed by atoms with van der Waals surface area (Å²) in [5, 5.41) is 14.3. The van der Waals surface area contributed by atoms with E-state index in [2.05, 4.69) is 32.9 Å². The predicted octanol–water partition coefficient (Wildman–Crippen LogP) is 2.60. The van der Waals surface area contributed by atoms with E-state index in [0.29, 0.717) is 12.8 Å². The van der Waals surface area contributed by atoms with Crippen molar-refractivity contribution in [2.45, 2.75) is 38.8 Å². The van der Waals surface area contributed by atoms with Crippen molar-refractivity contribution >= 4 is 15.9 Å². The molecule has 4 nitrogen and oxygen atoms in total. The summed E-state index contributed by atoms with van der Waals surface area (Å²) in [4.78, 5) is 4.21. The second-order valence-corrected chi connectivity index (χ2v) is 5.50. The van der Waals surface area contributed by atoms with E-state index in [1.54, 1.807) is 6.33 Å². The molecule has 0 aliphatic carbocycles. The van der Waals surface area contributed by atoms with Crippen LogP contribution in [0.2, 0.25) is 0 Å². The highest BCUT2D eigenvalue weighted by molar-refractivity contribution is 9.10. The Hall–Kier alpha value is -1.20. The summed E-state index contributed by atoms with van der Waals surface area (Å²) in [7, 11) is 0. The van der Waals surface area contributed by atoms with Crippen molar-refractivity contribution < 1.29 is 5.11 Å².